The molecule has 2 rings (SSSR count). The van der Waals surface area contributed by atoms with Crippen molar-refractivity contribution < 1.29 is 0 Å². The molecule has 0 bridgehead atoms. The number of aryl methyl sites for hydroxylation is 1. The van der Waals surface area contributed by atoms with Crippen LogP contribution in [0, 0.1) is 0 Å². The molecule has 0 radical (unpaired) electrons. The van der Waals surface area contributed by atoms with Crippen LogP contribution in [-0.4, -0.2) is 0 Å². The predicted octanol–water partition coefficient (Wildman–Crippen LogP) is 5.60. The fraction of sp³-hybridized carbons (Fsp3) is 0.182. The second-order valence-corrected chi connectivity index (χ2v) is 5.44. The first-order chi connectivity index (χ1) is 11.1. The summed E-state index contributed by atoms with van der Waals surface area (Å²) in [5.74, 6) is 0. The number of allylic oxidation sites excluding steroid dienone is 1. The highest BCUT2D eigenvalue weighted by molar-refractivity contribution is 5.65. The van der Waals surface area contributed by atoms with E-state index in [4.69, 9.17) is 0 Å². The second-order valence-electron chi connectivity index (χ2n) is 5.44. The zero-order valence-corrected chi connectivity index (χ0v) is 14.3. The summed E-state index contributed by atoms with van der Waals surface area (Å²) in [6.07, 6.45) is 5.17. The first kappa shape index (κ1) is 18.5. The molecule has 2 aromatic carbocycles. The van der Waals surface area contributed by atoms with E-state index >= 15 is 0 Å². The van der Waals surface area contributed by atoms with Crippen molar-refractivity contribution in [3.05, 3.63) is 96.2 Å². The maximum atomic E-state index is 4.61. The van der Waals surface area contributed by atoms with Crippen LogP contribution in [-0.2, 0) is 12.8 Å². The summed E-state index contributed by atoms with van der Waals surface area (Å²) in [6, 6.07) is 15.2. The molecule has 0 saturated heterocycles. The molecule has 120 valence electrons. The molecule has 2 N–H and O–H groups in total. The molecule has 0 saturated carbocycles. The molecule has 0 fully saturated rings. The van der Waals surface area contributed by atoms with Crippen molar-refractivity contribution in [2.75, 3.05) is 0 Å². The van der Waals surface area contributed by atoms with Gasteiger partial charge in [-0.05, 0) is 53.8 Å². The largest absolute Gasteiger partial charge is 0.405 e. The first-order valence-electron chi connectivity index (χ1n) is 7.88. The maximum Gasteiger partial charge on any atom is -0.00197 e. The summed E-state index contributed by atoms with van der Waals surface area (Å²) in [5, 5.41) is 0. The van der Waals surface area contributed by atoms with Crippen molar-refractivity contribution in [3.63, 3.8) is 0 Å². The van der Waals surface area contributed by atoms with Gasteiger partial charge in [0.25, 0.3) is 0 Å². The third-order valence-electron chi connectivity index (χ3n) is 3.68. The molecule has 0 aliphatic heterocycles. The Morgan fingerprint density at radius 2 is 1.74 bits per heavy atom. The molecular formula is C22H27N. The van der Waals surface area contributed by atoms with Gasteiger partial charge in [0.05, 0.1) is 0 Å². The van der Waals surface area contributed by atoms with Crippen LogP contribution in [0.15, 0.2) is 68.4 Å². The van der Waals surface area contributed by atoms with Crippen molar-refractivity contribution >= 4 is 11.6 Å². The molecule has 1 heteroatoms. The smallest absolute Gasteiger partial charge is 0.00197 e. The van der Waals surface area contributed by atoms with Gasteiger partial charge in [0.2, 0.25) is 0 Å². The molecule has 0 spiro atoms. The van der Waals surface area contributed by atoms with Gasteiger partial charge in [-0.3, -0.25) is 0 Å². The molecule has 1 nitrogen and oxygen atoms in total. The molecular weight excluding hydrogens is 278 g/mol. The highest BCUT2D eigenvalue weighted by Crippen LogP contribution is 2.22. The molecule has 0 aliphatic rings. The Balaban J connectivity index is 0.000000816. The normalized spacial score (nSPS) is 9.48. The van der Waals surface area contributed by atoms with Gasteiger partial charge in [0.15, 0.2) is 0 Å². The van der Waals surface area contributed by atoms with E-state index in [0.29, 0.717) is 0 Å². The van der Waals surface area contributed by atoms with Gasteiger partial charge in [0, 0.05) is 0 Å². The third kappa shape index (κ3) is 5.30. The van der Waals surface area contributed by atoms with Crippen LogP contribution < -0.4 is 5.73 Å². The van der Waals surface area contributed by atoms with Gasteiger partial charge in [0.1, 0.15) is 0 Å². The molecule has 0 atom stereocenters. The molecule has 23 heavy (non-hydrogen) atoms. The van der Waals surface area contributed by atoms with Crippen LogP contribution >= 0.6 is 0 Å². The Morgan fingerprint density at radius 1 is 1.09 bits per heavy atom. The lowest BCUT2D eigenvalue weighted by atomic mass is 9.94. The van der Waals surface area contributed by atoms with E-state index < -0.39 is 0 Å². The highest BCUT2D eigenvalue weighted by atomic mass is 14.5. The van der Waals surface area contributed by atoms with E-state index in [1.165, 1.54) is 34.0 Å². The number of rotatable bonds is 5. The average Bonchev–Trinajstić information content (AvgIpc) is 2.55. The molecule has 0 unspecified atom stereocenters. The lowest BCUT2D eigenvalue weighted by Gasteiger charge is -2.11. The van der Waals surface area contributed by atoms with Gasteiger partial charge >= 0.3 is 0 Å². The van der Waals surface area contributed by atoms with Crippen LogP contribution in [0.25, 0.3) is 11.6 Å². The monoisotopic (exact) mass is 305 g/mol. The minimum atomic E-state index is 0.950. The zero-order chi connectivity index (χ0) is 17.2. The van der Waals surface area contributed by atoms with Gasteiger partial charge in [-0.1, -0.05) is 80.8 Å². The number of benzene rings is 2. The van der Waals surface area contributed by atoms with Gasteiger partial charge in [-0.2, -0.15) is 0 Å². The van der Waals surface area contributed by atoms with E-state index in [1.54, 1.807) is 0 Å². The Hall–Kier alpha value is -2.54. The molecule has 0 amide bonds. The van der Waals surface area contributed by atoms with Gasteiger partial charge in [-0.25, -0.2) is 0 Å². The predicted molar refractivity (Wildman–Crippen MR) is 104 cm³/mol. The summed E-state index contributed by atoms with van der Waals surface area (Å²) in [5.41, 5.74) is 12.3. The van der Waals surface area contributed by atoms with Crippen molar-refractivity contribution in [1.29, 1.82) is 0 Å². The van der Waals surface area contributed by atoms with Crippen molar-refractivity contribution in [1.82, 2.24) is 0 Å². The quantitative estimate of drug-likeness (QED) is 0.764. The summed E-state index contributed by atoms with van der Waals surface area (Å²) in [4.78, 5) is 0. The number of hydrogen-bond donors (Lipinski definition) is 1. The van der Waals surface area contributed by atoms with Crippen LogP contribution in [0.3, 0.4) is 0 Å². The summed E-state index contributed by atoms with van der Waals surface area (Å²) >= 11 is 0. The van der Waals surface area contributed by atoms with E-state index in [1.807, 2.05) is 6.08 Å². The highest BCUT2D eigenvalue weighted by Gasteiger charge is 2.05. The van der Waals surface area contributed by atoms with Crippen molar-refractivity contribution in [2.45, 2.75) is 26.7 Å². The van der Waals surface area contributed by atoms with Crippen LogP contribution in [0.5, 0.6) is 0 Å². The first-order valence-corrected chi connectivity index (χ1v) is 7.88. The molecule has 0 aromatic heterocycles. The fourth-order valence-electron chi connectivity index (χ4n) is 2.58. The van der Waals surface area contributed by atoms with E-state index in [2.05, 4.69) is 81.8 Å². The lowest BCUT2D eigenvalue weighted by Crippen LogP contribution is -1.96. The third-order valence-corrected chi connectivity index (χ3v) is 3.68. The second kappa shape index (κ2) is 9.47. The number of nitrogens with two attached hydrogens (primary N) is 1. The Bertz CT molecular complexity index is 680. The van der Waals surface area contributed by atoms with E-state index in [0.717, 1.165) is 18.4 Å². The number of hydrogen-bond acceptors (Lipinski definition) is 1. The lowest BCUT2D eigenvalue weighted by molar-refractivity contribution is 1.10. The maximum absolute atomic E-state index is 4.61. The Kier molecular flexibility index (Phi) is 7.62. The summed E-state index contributed by atoms with van der Waals surface area (Å²) in [7, 11) is 0. The average molecular weight is 305 g/mol. The Labute approximate surface area is 140 Å². The van der Waals surface area contributed by atoms with Gasteiger partial charge in [-0.15, -0.1) is 0 Å². The SMILES string of the molecule is C=CN.C=Cc1ccccc1Cc1ccc(C(=C)C)c(CC)c1. The molecule has 0 aliphatic carbocycles. The van der Waals surface area contributed by atoms with Crippen LogP contribution in [0.2, 0.25) is 0 Å². The van der Waals surface area contributed by atoms with Crippen LogP contribution in [0.1, 0.15) is 41.7 Å². The minimum Gasteiger partial charge on any atom is -0.405 e. The standard InChI is InChI=1S/C20H22.C2H5N/c1-5-17-9-7-8-10-19(17)14-16-11-12-20(15(3)4)18(6-2)13-16;1-2-3/h5,7-13H,1,3,6,14H2,2,4H3;2H,1,3H2. The van der Waals surface area contributed by atoms with E-state index in [9.17, 15) is 0 Å². The molecule has 0 heterocycles. The topological polar surface area (TPSA) is 26.0 Å². The Morgan fingerprint density at radius 3 is 2.30 bits per heavy atom. The van der Waals surface area contributed by atoms with Crippen LogP contribution in [0.4, 0.5) is 0 Å². The van der Waals surface area contributed by atoms with E-state index in [-0.39, 0.29) is 0 Å². The fourth-order valence-corrected chi connectivity index (χ4v) is 2.58. The summed E-state index contributed by atoms with van der Waals surface area (Å²) in [6.45, 7) is 15.4. The summed E-state index contributed by atoms with van der Waals surface area (Å²) < 4.78 is 0. The van der Waals surface area contributed by atoms with Crippen molar-refractivity contribution in [2.24, 2.45) is 5.73 Å². The minimum absolute atomic E-state index is 0.950. The molecule has 2 aromatic rings. The zero-order valence-electron chi connectivity index (χ0n) is 14.3. The van der Waals surface area contributed by atoms with Crippen molar-refractivity contribution in [3.8, 4) is 0 Å². The van der Waals surface area contributed by atoms with Gasteiger partial charge < -0.3 is 5.73 Å².